The lowest BCUT2D eigenvalue weighted by Gasteiger charge is -2.30. The van der Waals surface area contributed by atoms with E-state index in [0.717, 1.165) is 25.7 Å². The molecule has 1 aliphatic rings. The van der Waals surface area contributed by atoms with Crippen molar-refractivity contribution < 1.29 is 13.9 Å². The van der Waals surface area contributed by atoms with Crippen LogP contribution in [0, 0.1) is 11.7 Å². The van der Waals surface area contributed by atoms with Gasteiger partial charge in [-0.1, -0.05) is 13.8 Å². The molecule has 30 heavy (non-hydrogen) atoms. The summed E-state index contributed by atoms with van der Waals surface area (Å²) in [6, 6.07) is 4.77. The molecule has 0 radical (unpaired) electrons. The van der Waals surface area contributed by atoms with Crippen LogP contribution in [0.1, 0.15) is 45.6 Å². The number of nitrogen functional groups attached to an aromatic ring is 2. The second kappa shape index (κ2) is 7.93. The van der Waals surface area contributed by atoms with Gasteiger partial charge in [-0.25, -0.2) is 14.4 Å². The topological polar surface area (TPSA) is 109 Å². The molecule has 2 aromatic heterocycles. The molecule has 7 nitrogen and oxygen atoms in total. The Labute approximate surface area is 174 Å². The van der Waals surface area contributed by atoms with Crippen molar-refractivity contribution in [3.05, 3.63) is 36.5 Å². The Morgan fingerprint density at radius 2 is 1.90 bits per heavy atom. The van der Waals surface area contributed by atoms with Crippen LogP contribution in [0.2, 0.25) is 0 Å². The number of benzene rings is 1. The van der Waals surface area contributed by atoms with Gasteiger partial charge in [0.2, 0.25) is 0 Å². The van der Waals surface area contributed by atoms with Gasteiger partial charge in [0.25, 0.3) is 0 Å². The fourth-order valence-corrected chi connectivity index (χ4v) is 4.08. The molecule has 0 aliphatic heterocycles. The first-order chi connectivity index (χ1) is 14.3. The quantitative estimate of drug-likeness (QED) is 0.494. The van der Waals surface area contributed by atoms with Crippen molar-refractivity contribution in [3.8, 4) is 11.1 Å². The van der Waals surface area contributed by atoms with Gasteiger partial charge >= 0.3 is 5.97 Å². The van der Waals surface area contributed by atoms with Crippen LogP contribution in [-0.2, 0) is 9.53 Å². The lowest BCUT2D eigenvalue weighted by Crippen LogP contribution is -2.27. The van der Waals surface area contributed by atoms with Crippen LogP contribution in [0.15, 0.2) is 30.7 Å². The number of fused-ring (bicyclic) bond motifs is 1. The van der Waals surface area contributed by atoms with Gasteiger partial charge in [0.05, 0.1) is 11.3 Å². The van der Waals surface area contributed by atoms with Gasteiger partial charge in [0.1, 0.15) is 29.7 Å². The fraction of sp³-hybridized carbons (Fsp3) is 0.409. The Kier molecular flexibility index (Phi) is 5.32. The number of hydrogen-bond acceptors (Lipinski definition) is 6. The van der Waals surface area contributed by atoms with E-state index in [2.05, 4.69) is 14.5 Å². The van der Waals surface area contributed by atoms with E-state index in [1.165, 1.54) is 12.4 Å². The summed E-state index contributed by atoms with van der Waals surface area (Å²) in [6.45, 7) is 3.67. The molecule has 158 valence electrons. The molecule has 0 spiro atoms. The first kappa shape index (κ1) is 20.1. The third kappa shape index (κ3) is 3.69. The SMILES string of the molecule is CC(C)C(=O)OC1CCC(n2cc(-c3ccc(N)cc3F)c3c(N)ncnc32)CC1. The Bertz CT molecular complexity index is 1090. The Hall–Kier alpha value is -3.16. The summed E-state index contributed by atoms with van der Waals surface area (Å²) >= 11 is 0. The highest BCUT2D eigenvalue weighted by Gasteiger charge is 2.28. The summed E-state index contributed by atoms with van der Waals surface area (Å²) in [7, 11) is 0. The number of esters is 1. The largest absolute Gasteiger partial charge is 0.462 e. The summed E-state index contributed by atoms with van der Waals surface area (Å²) in [5, 5.41) is 0.634. The average molecular weight is 411 g/mol. The summed E-state index contributed by atoms with van der Waals surface area (Å²) in [5.74, 6) is -0.397. The fourth-order valence-electron chi connectivity index (χ4n) is 4.08. The number of anilines is 2. The van der Waals surface area contributed by atoms with Gasteiger partial charge in [-0.05, 0) is 43.9 Å². The Morgan fingerprint density at radius 3 is 2.57 bits per heavy atom. The number of carbonyl (C=O) groups excluding carboxylic acids is 1. The molecular formula is C22H26FN5O2. The van der Waals surface area contributed by atoms with Crippen LogP contribution in [0.3, 0.4) is 0 Å². The number of aromatic nitrogens is 3. The minimum absolute atomic E-state index is 0.0633. The van der Waals surface area contributed by atoms with E-state index >= 15 is 0 Å². The maximum Gasteiger partial charge on any atom is 0.308 e. The van der Waals surface area contributed by atoms with Crippen LogP contribution in [0.4, 0.5) is 15.9 Å². The van der Waals surface area contributed by atoms with Crippen molar-refractivity contribution in [1.29, 1.82) is 0 Å². The highest BCUT2D eigenvalue weighted by Crippen LogP contribution is 2.39. The highest BCUT2D eigenvalue weighted by atomic mass is 19.1. The molecule has 1 aromatic carbocycles. The lowest BCUT2D eigenvalue weighted by molar-refractivity contribution is -0.154. The first-order valence-electron chi connectivity index (χ1n) is 10.2. The molecule has 1 fully saturated rings. The summed E-state index contributed by atoms with van der Waals surface area (Å²) < 4.78 is 22.3. The molecule has 0 amide bonds. The van der Waals surface area contributed by atoms with Crippen molar-refractivity contribution in [1.82, 2.24) is 14.5 Å². The van der Waals surface area contributed by atoms with E-state index in [4.69, 9.17) is 16.2 Å². The van der Waals surface area contributed by atoms with Gasteiger partial charge in [-0.15, -0.1) is 0 Å². The molecule has 3 aromatic rings. The van der Waals surface area contributed by atoms with E-state index in [-0.39, 0.29) is 24.0 Å². The van der Waals surface area contributed by atoms with E-state index in [1.807, 2.05) is 20.0 Å². The standard InChI is InChI=1S/C22H26FN5O2/c1-12(2)22(29)30-15-6-4-14(5-7-15)28-10-17(16-8-3-13(24)9-18(16)23)19-20(25)26-11-27-21(19)28/h3,8-12,14-15H,4-7,24H2,1-2H3,(H2,25,26,27). The minimum atomic E-state index is -0.415. The van der Waals surface area contributed by atoms with Gasteiger partial charge in [0, 0.05) is 29.1 Å². The second-order valence-electron chi connectivity index (χ2n) is 8.17. The zero-order chi connectivity index (χ0) is 21.4. The van der Waals surface area contributed by atoms with Gasteiger partial charge in [-0.3, -0.25) is 4.79 Å². The predicted molar refractivity (Wildman–Crippen MR) is 114 cm³/mol. The third-order valence-electron chi connectivity index (χ3n) is 5.71. The molecular weight excluding hydrogens is 385 g/mol. The maximum absolute atomic E-state index is 14.7. The summed E-state index contributed by atoms with van der Waals surface area (Å²) in [6.07, 6.45) is 6.46. The summed E-state index contributed by atoms with van der Waals surface area (Å²) in [4.78, 5) is 20.4. The third-order valence-corrected chi connectivity index (χ3v) is 5.71. The number of ether oxygens (including phenoxy) is 1. The van der Waals surface area contributed by atoms with Gasteiger partial charge in [0.15, 0.2) is 0 Å². The van der Waals surface area contributed by atoms with E-state index in [9.17, 15) is 9.18 Å². The van der Waals surface area contributed by atoms with Crippen LogP contribution in [0.25, 0.3) is 22.2 Å². The zero-order valence-corrected chi connectivity index (χ0v) is 17.1. The average Bonchev–Trinajstić information content (AvgIpc) is 3.09. The molecule has 4 N–H and O–H groups in total. The van der Waals surface area contributed by atoms with Crippen molar-refractivity contribution in [3.63, 3.8) is 0 Å². The number of hydrogen-bond donors (Lipinski definition) is 2. The van der Waals surface area contributed by atoms with Crippen molar-refractivity contribution in [2.45, 2.75) is 51.7 Å². The number of nitrogens with two attached hydrogens (primary N) is 2. The molecule has 8 heteroatoms. The van der Waals surface area contributed by atoms with Crippen LogP contribution >= 0.6 is 0 Å². The smallest absolute Gasteiger partial charge is 0.308 e. The molecule has 2 heterocycles. The molecule has 0 unspecified atom stereocenters. The van der Waals surface area contributed by atoms with Crippen LogP contribution in [0.5, 0.6) is 0 Å². The van der Waals surface area contributed by atoms with E-state index in [0.29, 0.717) is 33.7 Å². The van der Waals surface area contributed by atoms with Crippen molar-refractivity contribution in [2.24, 2.45) is 5.92 Å². The highest BCUT2D eigenvalue weighted by molar-refractivity contribution is 6.00. The predicted octanol–water partition coefficient (Wildman–Crippen LogP) is 4.08. The monoisotopic (exact) mass is 411 g/mol. The molecule has 0 bridgehead atoms. The number of rotatable bonds is 4. The molecule has 0 atom stereocenters. The molecule has 0 saturated heterocycles. The van der Waals surface area contributed by atoms with Gasteiger partial charge in [-0.2, -0.15) is 0 Å². The van der Waals surface area contributed by atoms with Crippen molar-refractivity contribution in [2.75, 3.05) is 11.5 Å². The Morgan fingerprint density at radius 1 is 1.17 bits per heavy atom. The number of nitrogens with zero attached hydrogens (tertiary/aromatic N) is 3. The Balaban J connectivity index is 1.66. The minimum Gasteiger partial charge on any atom is -0.462 e. The zero-order valence-electron chi connectivity index (χ0n) is 17.1. The molecule has 1 saturated carbocycles. The number of carbonyl (C=O) groups is 1. The van der Waals surface area contributed by atoms with Crippen LogP contribution in [-0.4, -0.2) is 26.6 Å². The van der Waals surface area contributed by atoms with Crippen LogP contribution < -0.4 is 11.5 Å². The lowest BCUT2D eigenvalue weighted by atomic mass is 9.92. The first-order valence-corrected chi connectivity index (χ1v) is 10.2. The van der Waals surface area contributed by atoms with E-state index in [1.54, 1.807) is 12.1 Å². The van der Waals surface area contributed by atoms with E-state index < -0.39 is 5.82 Å². The molecule has 4 rings (SSSR count). The summed E-state index contributed by atoms with van der Waals surface area (Å²) in [5.41, 5.74) is 14.0. The second-order valence-corrected chi connectivity index (χ2v) is 8.17. The maximum atomic E-state index is 14.7. The molecule has 1 aliphatic carbocycles. The van der Waals surface area contributed by atoms with Crippen molar-refractivity contribution >= 4 is 28.5 Å². The number of halogens is 1. The van der Waals surface area contributed by atoms with Gasteiger partial charge < -0.3 is 20.8 Å². The normalized spacial score (nSPS) is 19.3.